The minimum Gasteiger partial charge on any atom is -0.486 e. The molecule has 1 heterocycles. The van der Waals surface area contributed by atoms with Gasteiger partial charge in [0.1, 0.15) is 18.2 Å². The van der Waals surface area contributed by atoms with E-state index in [0.717, 1.165) is 5.56 Å². The van der Waals surface area contributed by atoms with E-state index in [0.29, 0.717) is 36.6 Å². The topological polar surface area (TPSA) is 81.9 Å². The van der Waals surface area contributed by atoms with Gasteiger partial charge in [-0.15, -0.1) is 5.10 Å². The van der Waals surface area contributed by atoms with Crippen LogP contribution < -0.4 is 10.1 Å². The van der Waals surface area contributed by atoms with Crippen LogP contribution in [0.15, 0.2) is 48.5 Å². The number of benzene rings is 2. The molecule has 1 amide bonds. The van der Waals surface area contributed by atoms with Gasteiger partial charge in [-0.2, -0.15) is 0 Å². The van der Waals surface area contributed by atoms with Gasteiger partial charge in [-0.05, 0) is 65.7 Å². The molecule has 1 aromatic heterocycles. The minimum absolute atomic E-state index is 0.168. The maximum Gasteiger partial charge on any atom is 0.251 e. The normalized spacial score (nSPS) is 10.6. The van der Waals surface area contributed by atoms with Crippen molar-refractivity contribution < 1.29 is 13.9 Å². The number of nitrogens with zero attached hydrogens (tertiary/aromatic N) is 4. The number of carbonyl (C=O) groups is 1. The molecular formula is C19H20FN5O2. The summed E-state index contributed by atoms with van der Waals surface area (Å²) in [5.74, 6) is 0.832. The number of hydrogen-bond donors (Lipinski definition) is 1. The van der Waals surface area contributed by atoms with Crippen LogP contribution in [0.1, 0.15) is 28.7 Å². The Morgan fingerprint density at radius 1 is 1.15 bits per heavy atom. The van der Waals surface area contributed by atoms with E-state index in [4.69, 9.17) is 4.74 Å². The first-order valence-electron chi connectivity index (χ1n) is 8.66. The summed E-state index contributed by atoms with van der Waals surface area (Å²) in [5, 5.41) is 14.2. The SMILES string of the molecule is CCn1nnnc1COc1ccc(C(=O)NCCc2ccc(F)cc2)cc1. The molecule has 0 atom stereocenters. The Morgan fingerprint density at radius 3 is 2.59 bits per heavy atom. The highest BCUT2D eigenvalue weighted by Crippen LogP contribution is 2.13. The van der Waals surface area contributed by atoms with E-state index in [2.05, 4.69) is 20.8 Å². The zero-order valence-corrected chi connectivity index (χ0v) is 14.9. The number of hydrogen-bond acceptors (Lipinski definition) is 5. The molecule has 27 heavy (non-hydrogen) atoms. The maximum atomic E-state index is 12.9. The Balaban J connectivity index is 1.47. The fraction of sp³-hybridized carbons (Fsp3) is 0.263. The third-order valence-electron chi connectivity index (χ3n) is 4.00. The quantitative estimate of drug-likeness (QED) is 0.659. The van der Waals surface area contributed by atoms with Crippen molar-refractivity contribution in [3.05, 3.63) is 71.3 Å². The monoisotopic (exact) mass is 369 g/mol. The molecule has 3 aromatic rings. The second-order valence-electron chi connectivity index (χ2n) is 5.86. The molecule has 0 radical (unpaired) electrons. The van der Waals surface area contributed by atoms with Gasteiger partial charge in [-0.25, -0.2) is 9.07 Å². The molecule has 0 saturated carbocycles. The van der Waals surface area contributed by atoms with Gasteiger partial charge in [-0.3, -0.25) is 4.79 Å². The summed E-state index contributed by atoms with van der Waals surface area (Å²) in [6, 6.07) is 13.1. The van der Waals surface area contributed by atoms with Gasteiger partial charge in [0, 0.05) is 18.7 Å². The van der Waals surface area contributed by atoms with Crippen molar-refractivity contribution in [2.24, 2.45) is 0 Å². The Bertz CT molecular complexity index is 878. The molecule has 0 unspecified atom stereocenters. The lowest BCUT2D eigenvalue weighted by atomic mass is 10.1. The molecule has 0 saturated heterocycles. The van der Waals surface area contributed by atoms with Crippen LogP contribution in [0.5, 0.6) is 5.75 Å². The van der Waals surface area contributed by atoms with E-state index in [9.17, 15) is 9.18 Å². The molecule has 140 valence electrons. The highest BCUT2D eigenvalue weighted by atomic mass is 19.1. The molecule has 0 aliphatic carbocycles. The van der Waals surface area contributed by atoms with Crippen molar-refractivity contribution in [3.8, 4) is 5.75 Å². The van der Waals surface area contributed by atoms with E-state index in [1.165, 1.54) is 12.1 Å². The number of amides is 1. The zero-order valence-electron chi connectivity index (χ0n) is 14.9. The molecule has 0 aliphatic heterocycles. The molecule has 0 aliphatic rings. The van der Waals surface area contributed by atoms with Gasteiger partial charge in [-0.1, -0.05) is 12.1 Å². The van der Waals surface area contributed by atoms with E-state index in [1.807, 2.05) is 6.92 Å². The lowest BCUT2D eigenvalue weighted by molar-refractivity contribution is 0.0954. The van der Waals surface area contributed by atoms with Crippen LogP contribution in [0.4, 0.5) is 4.39 Å². The van der Waals surface area contributed by atoms with Gasteiger partial charge in [0.15, 0.2) is 5.82 Å². The number of tetrazole rings is 1. The van der Waals surface area contributed by atoms with Gasteiger partial charge in [0.05, 0.1) is 0 Å². The van der Waals surface area contributed by atoms with Gasteiger partial charge in [0.2, 0.25) is 0 Å². The van der Waals surface area contributed by atoms with E-state index >= 15 is 0 Å². The largest absolute Gasteiger partial charge is 0.486 e. The zero-order chi connectivity index (χ0) is 19.1. The van der Waals surface area contributed by atoms with Crippen LogP contribution in [-0.2, 0) is 19.6 Å². The summed E-state index contributed by atoms with van der Waals surface area (Å²) in [6.07, 6.45) is 0.638. The summed E-state index contributed by atoms with van der Waals surface area (Å²) in [5.41, 5.74) is 1.51. The molecule has 0 fully saturated rings. The fourth-order valence-electron chi connectivity index (χ4n) is 2.50. The first-order chi connectivity index (χ1) is 13.2. The van der Waals surface area contributed by atoms with Crippen LogP contribution >= 0.6 is 0 Å². The molecule has 8 heteroatoms. The van der Waals surface area contributed by atoms with Crippen LogP contribution in [0.25, 0.3) is 0 Å². The Kier molecular flexibility index (Phi) is 6.09. The highest BCUT2D eigenvalue weighted by Gasteiger charge is 2.07. The van der Waals surface area contributed by atoms with Crippen molar-refractivity contribution in [3.63, 3.8) is 0 Å². The summed E-state index contributed by atoms with van der Waals surface area (Å²) in [6.45, 7) is 3.35. The first kappa shape index (κ1) is 18.5. The number of aryl methyl sites for hydroxylation is 1. The predicted octanol–water partition coefficient (Wildman–Crippen LogP) is 2.38. The first-order valence-corrected chi connectivity index (χ1v) is 8.66. The Morgan fingerprint density at radius 2 is 1.89 bits per heavy atom. The van der Waals surface area contributed by atoms with Crippen LogP contribution in [0.2, 0.25) is 0 Å². The molecule has 1 N–H and O–H groups in total. The number of halogens is 1. The highest BCUT2D eigenvalue weighted by molar-refractivity contribution is 5.94. The maximum absolute atomic E-state index is 12.9. The van der Waals surface area contributed by atoms with Crippen LogP contribution in [0.3, 0.4) is 0 Å². The minimum atomic E-state index is -0.267. The third kappa shape index (κ3) is 5.10. The van der Waals surface area contributed by atoms with E-state index in [-0.39, 0.29) is 18.3 Å². The molecule has 0 spiro atoms. The number of aromatic nitrogens is 4. The Labute approximate surface area is 156 Å². The number of ether oxygens (including phenoxy) is 1. The average molecular weight is 369 g/mol. The molecular weight excluding hydrogens is 349 g/mol. The summed E-state index contributed by atoms with van der Waals surface area (Å²) < 4.78 is 20.2. The standard InChI is InChI=1S/C19H20FN5O2/c1-2-25-18(22-23-24-25)13-27-17-9-5-15(6-10-17)19(26)21-12-11-14-3-7-16(20)8-4-14/h3-10H,2,11-13H2,1H3,(H,21,26). The second kappa shape index (κ2) is 8.88. The smallest absolute Gasteiger partial charge is 0.251 e. The lowest BCUT2D eigenvalue weighted by Gasteiger charge is -2.08. The summed E-state index contributed by atoms with van der Waals surface area (Å²) >= 11 is 0. The van der Waals surface area contributed by atoms with Gasteiger partial charge < -0.3 is 10.1 Å². The van der Waals surface area contributed by atoms with Crippen molar-refractivity contribution in [1.82, 2.24) is 25.5 Å². The third-order valence-corrected chi connectivity index (χ3v) is 4.00. The molecule has 3 rings (SSSR count). The number of rotatable bonds is 8. The van der Waals surface area contributed by atoms with E-state index < -0.39 is 0 Å². The average Bonchev–Trinajstić information content (AvgIpc) is 3.16. The Hall–Kier alpha value is -3.29. The fourth-order valence-corrected chi connectivity index (χ4v) is 2.50. The molecule has 0 bridgehead atoms. The van der Waals surface area contributed by atoms with Gasteiger partial charge >= 0.3 is 0 Å². The number of carbonyl (C=O) groups excluding carboxylic acids is 1. The van der Waals surface area contributed by atoms with Crippen LogP contribution in [0, 0.1) is 5.82 Å². The van der Waals surface area contributed by atoms with E-state index in [1.54, 1.807) is 41.1 Å². The van der Waals surface area contributed by atoms with Crippen LogP contribution in [-0.4, -0.2) is 32.7 Å². The van der Waals surface area contributed by atoms with Crippen molar-refractivity contribution in [1.29, 1.82) is 0 Å². The summed E-state index contributed by atoms with van der Waals surface area (Å²) in [7, 11) is 0. The van der Waals surface area contributed by atoms with Crippen molar-refractivity contribution in [2.45, 2.75) is 26.5 Å². The predicted molar refractivity (Wildman–Crippen MR) is 96.7 cm³/mol. The summed E-state index contributed by atoms with van der Waals surface area (Å²) in [4.78, 5) is 12.2. The molecule has 2 aromatic carbocycles. The van der Waals surface area contributed by atoms with Crippen molar-refractivity contribution >= 4 is 5.91 Å². The second-order valence-corrected chi connectivity index (χ2v) is 5.86. The van der Waals surface area contributed by atoms with Gasteiger partial charge in [0.25, 0.3) is 5.91 Å². The van der Waals surface area contributed by atoms with Crippen molar-refractivity contribution in [2.75, 3.05) is 6.54 Å². The lowest BCUT2D eigenvalue weighted by Crippen LogP contribution is -2.25. The number of nitrogens with one attached hydrogen (secondary N) is 1. The molecule has 7 nitrogen and oxygen atoms in total.